The van der Waals surface area contributed by atoms with Gasteiger partial charge in [-0.2, -0.15) is 0 Å². The van der Waals surface area contributed by atoms with E-state index in [9.17, 15) is 4.79 Å². The molecule has 0 bridgehead atoms. The molecule has 31 heavy (non-hydrogen) atoms. The number of rotatable bonds is 6. The maximum Gasteiger partial charge on any atom is 0.254 e. The highest BCUT2D eigenvalue weighted by Crippen LogP contribution is 2.32. The third kappa shape index (κ3) is 4.56. The summed E-state index contributed by atoms with van der Waals surface area (Å²) in [4.78, 5) is 15.3. The number of amides is 1. The van der Waals surface area contributed by atoms with Gasteiger partial charge in [-0.25, -0.2) is 0 Å². The fourth-order valence-electron chi connectivity index (χ4n) is 4.55. The van der Waals surface area contributed by atoms with Gasteiger partial charge in [0, 0.05) is 36.2 Å². The molecule has 5 heteroatoms. The lowest BCUT2D eigenvalue weighted by atomic mass is 9.82. The van der Waals surface area contributed by atoms with Gasteiger partial charge in [0.15, 0.2) is 0 Å². The van der Waals surface area contributed by atoms with E-state index in [0.29, 0.717) is 34.5 Å². The summed E-state index contributed by atoms with van der Waals surface area (Å²) in [6.07, 6.45) is 12.1. The van der Waals surface area contributed by atoms with Crippen LogP contribution < -0.4 is 4.74 Å². The van der Waals surface area contributed by atoms with E-state index in [0.717, 1.165) is 50.1 Å². The fraction of sp³-hybridized carbons (Fsp3) is 0.346. The van der Waals surface area contributed by atoms with Crippen LogP contribution in [0.15, 0.2) is 66.8 Å². The molecule has 1 fully saturated rings. The largest absolute Gasteiger partial charge is 0.457 e. The highest BCUT2D eigenvalue weighted by atomic mass is 35.5. The van der Waals surface area contributed by atoms with Crippen molar-refractivity contribution in [3.05, 3.63) is 82.9 Å². The zero-order valence-electron chi connectivity index (χ0n) is 17.4. The van der Waals surface area contributed by atoms with Crippen LogP contribution in [0.2, 0.25) is 5.02 Å². The third-order valence-electron chi connectivity index (χ3n) is 6.44. The molecule has 1 saturated heterocycles. The second-order valence-electron chi connectivity index (χ2n) is 8.49. The number of carbonyl (C=O) groups is 1. The van der Waals surface area contributed by atoms with Crippen molar-refractivity contribution < 1.29 is 14.3 Å². The van der Waals surface area contributed by atoms with Gasteiger partial charge in [0.1, 0.15) is 11.5 Å². The first-order valence-corrected chi connectivity index (χ1v) is 11.4. The van der Waals surface area contributed by atoms with Gasteiger partial charge < -0.3 is 14.4 Å². The van der Waals surface area contributed by atoms with Gasteiger partial charge in [-0.3, -0.25) is 4.79 Å². The minimum atomic E-state index is 0.0874. The monoisotopic (exact) mass is 435 g/mol. The molecule has 2 heterocycles. The molecule has 0 aromatic heterocycles. The Morgan fingerprint density at radius 3 is 2.52 bits per heavy atom. The Kier molecular flexibility index (Phi) is 5.84. The molecule has 2 unspecified atom stereocenters. The van der Waals surface area contributed by atoms with Crippen LogP contribution in [-0.4, -0.2) is 36.6 Å². The second kappa shape index (κ2) is 8.89. The summed E-state index contributed by atoms with van der Waals surface area (Å²) in [5, 5.41) is 0.664. The Bertz CT molecular complexity index is 1010. The topological polar surface area (TPSA) is 38.8 Å². The lowest BCUT2D eigenvalue weighted by Gasteiger charge is -2.36. The van der Waals surface area contributed by atoms with Gasteiger partial charge in [-0.15, -0.1) is 0 Å². The van der Waals surface area contributed by atoms with E-state index in [4.69, 9.17) is 21.1 Å². The molecule has 0 spiro atoms. The zero-order valence-corrected chi connectivity index (χ0v) is 18.1. The fourth-order valence-corrected chi connectivity index (χ4v) is 4.68. The van der Waals surface area contributed by atoms with Crippen LogP contribution >= 0.6 is 11.6 Å². The number of benzene rings is 2. The van der Waals surface area contributed by atoms with E-state index >= 15 is 0 Å². The molecule has 0 saturated carbocycles. The second-order valence-corrected chi connectivity index (χ2v) is 8.93. The average molecular weight is 436 g/mol. The van der Waals surface area contributed by atoms with E-state index < -0.39 is 0 Å². The number of halogens is 1. The number of ether oxygens (including phenoxy) is 2. The first kappa shape index (κ1) is 20.3. The van der Waals surface area contributed by atoms with Crippen molar-refractivity contribution >= 4 is 17.5 Å². The number of carbonyl (C=O) groups excluding carboxylic acids is 1. The predicted octanol–water partition coefficient (Wildman–Crippen LogP) is 5.67. The van der Waals surface area contributed by atoms with Gasteiger partial charge >= 0.3 is 0 Å². The first-order valence-electron chi connectivity index (χ1n) is 11.0. The van der Waals surface area contributed by atoms with Crippen LogP contribution in [0.25, 0.3) is 0 Å². The average Bonchev–Trinajstić information content (AvgIpc) is 2.76. The molecule has 3 aliphatic rings. The predicted molar refractivity (Wildman–Crippen MR) is 122 cm³/mol. The van der Waals surface area contributed by atoms with E-state index in [1.807, 2.05) is 35.2 Å². The van der Waals surface area contributed by atoms with E-state index in [2.05, 4.69) is 24.3 Å². The quantitative estimate of drug-likeness (QED) is 0.587. The van der Waals surface area contributed by atoms with Crippen molar-refractivity contribution in [3.63, 3.8) is 0 Å². The molecular formula is C26H26ClNO3. The van der Waals surface area contributed by atoms with E-state index in [1.54, 1.807) is 12.1 Å². The maximum absolute atomic E-state index is 13.3. The van der Waals surface area contributed by atoms with E-state index in [-0.39, 0.29) is 5.91 Å². The molecule has 1 aliphatic carbocycles. The number of hydrogen-bond donors (Lipinski definition) is 0. The molecule has 2 aromatic carbocycles. The van der Waals surface area contributed by atoms with Crippen LogP contribution in [0.4, 0.5) is 0 Å². The summed E-state index contributed by atoms with van der Waals surface area (Å²) in [6, 6.07) is 13.0. The smallest absolute Gasteiger partial charge is 0.254 e. The molecule has 1 amide bonds. The van der Waals surface area contributed by atoms with Crippen molar-refractivity contribution in [2.75, 3.05) is 19.7 Å². The molecule has 3 atom stereocenters. The molecule has 2 aromatic rings. The van der Waals surface area contributed by atoms with Crippen LogP contribution in [0, 0.1) is 11.8 Å². The summed E-state index contributed by atoms with van der Waals surface area (Å²) < 4.78 is 11.6. The van der Waals surface area contributed by atoms with Crippen LogP contribution in [0.3, 0.4) is 0 Å². The van der Waals surface area contributed by atoms with Crippen molar-refractivity contribution in [2.45, 2.75) is 25.4 Å². The normalized spacial score (nSPS) is 24.6. The molecule has 5 rings (SSSR count). The highest BCUT2D eigenvalue weighted by molar-refractivity contribution is 6.30. The first-order chi connectivity index (χ1) is 15.2. The standard InChI is InChI=1S/C26H26ClNO3/c27-21-6-9-22(10-7-21)31-24-8-5-18-11-13-28(26(29)25(18)16-24)17-20-4-2-1-3-19(20)15-23-12-14-30-23/h1-10,16,19-20,23H,11-15,17H2/t19-,20?,23?/m1/s1. The number of fused-ring (bicyclic) bond motifs is 1. The number of allylic oxidation sites excluding steroid dienone is 3. The van der Waals surface area contributed by atoms with Crippen LogP contribution in [0.1, 0.15) is 28.8 Å². The van der Waals surface area contributed by atoms with Gasteiger partial charge in [0.05, 0.1) is 6.10 Å². The van der Waals surface area contributed by atoms with Gasteiger partial charge in [0.2, 0.25) is 0 Å². The van der Waals surface area contributed by atoms with Gasteiger partial charge in [0.25, 0.3) is 5.91 Å². The Morgan fingerprint density at radius 2 is 1.77 bits per heavy atom. The minimum absolute atomic E-state index is 0.0874. The van der Waals surface area contributed by atoms with Crippen LogP contribution in [-0.2, 0) is 11.2 Å². The summed E-state index contributed by atoms with van der Waals surface area (Å²) in [7, 11) is 0. The number of nitrogens with zero attached hydrogens (tertiary/aromatic N) is 1. The number of hydrogen-bond acceptors (Lipinski definition) is 3. The molecule has 0 radical (unpaired) electrons. The Labute approximate surface area is 188 Å². The Balaban J connectivity index is 1.29. The van der Waals surface area contributed by atoms with Crippen molar-refractivity contribution in [3.8, 4) is 11.5 Å². The third-order valence-corrected chi connectivity index (χ3v) is 6.69. The Morgan fingerprint density at radius 1 is 1.03 bits per heavy atom. The molecular weight excluding hydrogens is 410 g/mol. The van der Waals surface area contributed by atoms with Crippen molar-refractivity contribution in [2.24, 2.45) is 11.8 Å². The molecule has 4 nitrogen and oxygen atoms in total. The lowest BCUT2D eigenvalue weighted by molar-refractivity contribution is -0.0626. The minimum Gasteiger partial charge on any atom is -0.457 e. The summed E-state index contributed by atoms with van der Waals surface area (Å²) >= 11 is 5.95. The summed E-state index contributed by atoms with van der Waals surface area (Å²) in [6.45, 7) is 2.37. The Hall–Kier alpha value is -2.56. The maximum atomic E-state index is 13.3. The lowest BCUT2D eigenvalue weighted by Crippen LogP contribution is -2.42. The van der Waals surface area contributed by atoms with E-state index in [1.165, 1.54) is 0 Å². The van der Waals surface area contributed by atoms with Crippen LogP contribution in [0.5, 0.6) is 11.5 Å². The highest BCUT2D eigenvalue weighted by Gasteiger charge is 2.31. The summed E-state index contributed by atoms with van der Waals surface area (Å²) in [5.41, 5.74) is 1.83. The van der Waals surface area contributed by atoms with Crippen molar-refractivity contribution in [1.82, 2.24) is 4.90 Å². The van der Waals surface area contributed by atoms with Gasteiger partial charge in [-0.1, -0.05) is 42.0 Å². The zero-order chi connectivity index (χ0) is 21.2. The molecule has 2 aliphatic heterocycles. The van der Waals surface area contributed by atoms with Gasteiger partial charge in [-0.05, 0) is 67.1 Å². The molecule has 160 valence electrons. The molecule has 0 N–H and O–H groups in total. The SMILES string of the molecule is O=C1c2cc(Oc3ccc(Cl)cc3)ccc2CCN1CC1C=CC=C[C@@H]1CC1CCO1. The summed E-state index contributed by atoms with van der Waals surface area (Å²) in [5.74, 6) is 2.20. The van der Waals surface area contributed by atoms with Crippen molar-refractivity contribution in [1.29, 1.82) is 0 Å².